The molecule has 2 aromatic heterocycles. The summed E-state index contributed by atoms with van der Waals surface area (Å²) in [4.78, 5) is 10.7. The van der Waals surface area contributed by atoms with Crippen LogP contribution in [0.1, 0.15) is 6.23 Å². The summed E-state index contributed by atoms with van der Waals surface area (Å²) in [7, 11) is -3.89. The molecule has 24 heavy (non-hydrogen) atoms. The van der Waals surface area contributed by atoms with Gasteiger partial charge in [-0.1, -0.05) is 12.2 Å². The fourth-order valence-electron chi connectivity index (χ4n) is 2.54. The van der Waals surface area contributed by atoms with Crippen molar-refractivity contribution in [2.75, 3.05) is 18.6 Å². The van der Waals surface area contributed by atoms with E-state index in [2.05, 4.69) is 15.0 Å². The number of nitrogens with one attached hydrogen (secondary N) is 1. The van der Waals surface area contributed by atoms with Crippen LogP contribution in [0, 0.1) is 4.64 Å². The molecule has 0 radical (unpaired) electrons. The molecule has 0 unspecified atom stereocenters. The molecule has 1 saturated heterocycles. The van der Waals surface area contributed by atoms with Gasteiger partial charge < -0.3 is 25.7 Å². The fourth-order valence-corrected chi connectivity index (χ4v) is 3.40. The quantitative estimate of drug-likeness (QED) is 0.370. The van der Waals surface area contributed by atoms with Crippen molar-refractivity contribution >= 4 is 39.4 Å². The Bertz CT molecular complexity index is 925. The van der Waals surface area contributed by atoms with Crippen LogP contribution in [0.25, 0.3) is 11.2 Å². The Morgan fingerprint density at radius 1 is 1.58 bits per heavy atom. The molecule has 1 aliphatic heterocycles. The Labute approximate surface area is 141 Å². The number of aliphatic hydroxyl groups excluding tert-OH is 2. The average Bonchev–Trinajstić information content (AvgIpc) is 3.00. The molecule has 5 N–H and O–H groups in total. The van der Waals surface area contributed by atoms with Gasteiger partial charge in [-0.15, -0.1) is 0 Å². The highest BCUT2D eigenvalue weighted by Gasteiger charge is 2.47. The lowest BCUT2D eigenvalue weighted by atomic mass is 10.1. The van der Waals surface area contributed by atoms with Crippen molar-refractivity contribution in [2.45, 2.75) is 24.5 Å². The van der Waals surface area contributed by atoms with E-state index in [1.165, 1.54) is 10.9 Å². The zero-order valence-corrected chi connectivity index (χ0v) is 14.0. The molecule has 2 aromatic rings. The number of ether oxygens (including phenoxy) is 1. The molecule has 0 spiro atoms. The van der Waals surface area contributed by atoms with Gasteiger partial charge in [0.25, 0.3) is 10.1 Å². The summed E-state index contributed by atoms with van der Waals surface area (Å²) in [6.45, 7) is -0.520. The molecule has 1 aliphatic rings. The van der Waals surface area contributed by atoms with Crippen molar-refractivity contribution in [1.82, 2.24) is 19.5 Å². The number of aliphatic hydroxyl groups is 2. The van der Waals surface area contributed by atoms with Gasteiger partial charge in [0.2, 0.25) is 0 Å². The molecule has 0 saturated carbocycles. The topological polar surface area (TPSA) is 166 Å². The maximum atomic E-state index is 11.5. The number of H-pyrrole nitrogens is 1. The van der Waals surface area contributed by atoms with Gasteiger partial charge in [-0.05, 0) is 0 Å². The second-order valence-corrected chi connectivity index (χ2v) is 7.27. The number of nitrogens with two attached hydrogens (primary N) is 1. The first kappa shape index (κ1) is 17.2. The second kappa shape index (κ2) is 6.02. The van der Waals surface area contributed by atoms with E-state index < -0.39 is 41.3 Å². The number of nitrogens with zero attached hydrogens (tertiary/aromatic N) is 3. The molecule has 3 rings (SSSR count). The summed E-state index contributed by atoms with van der Waals surface area (Å²) >= 11 is 5.07. The summed E-state index contributed by atoms with van der Waals surface area (Å²) in [6.07, 6.45) is -2.58. The fraction of sp³-hybridized carbons (Fsp3) is 0.545. The van der Waals surface area contributed by atoms with Gasteiger partial charge in [0, 0.05) is 0 Å². The van der Waals surface area contributed by atoms with Crippen LogP contribution in [0.4, 0.5) is 5.95 Å². The van der Waals surface area contributed by atoms with E-state index in [1.54, 1.807) is 0 Å². The first-order valence-corrected chi connectivity index (χ1v) is 8.98. The Morgan fingerprint density at radius 3 is 2.92 bits per heavy atom. The van der Waals surface area contributed by atoms with Gasteiger partial charge in [-0.25, -0.2) is 9.97 Å². The number of anilines is 1. The summed E-state index contributed by atoms with van der Waals surface area (Å²) < 4.78 is 35.0. The molecule has 4 atom stereocenters. The van der Waals surface area contributed by atoms with E-state index in [-0.39, 0.29) is 10.6 Å². The number of imidazole rings is 1. The number of aromatic amines is 1. The van der Waals surface area contributed by atoms with Crippen LogP contribution >= 0.6 is 12.2 Å². The number of hydrogen-bond acceptors (Lipinski definition) is 10. The van der Waals surface area contributed by atoms with E-state index in [0.717, 1.165) is 6.26 Å². The third kappa shape index (κ3) is 3.01. The van der Waals surface area contributed by atoms with E-state index in [9.17, 15) is 18.6 Å². The molecule has 0 bridgehead atoms. The van der Waals surface area contributed by atoms with Crippen molar-refractivity contribution in [3.63, 3.8) is 0 Å². The zero-order chi connectivity index (χ0) is 17.6. The predicted molar refractivity (Wildman–Crippen MR) is 83.8 cm³/mol. The Balaban J connectivity index is 2.10. The van der Waals surface area contributed by atoms with Crippen LogP contribution < -0.4 is 5.73 Å². The first-order valence-electron chi connectivity index (χ1n) is 6.76. The van der Waals surface area contributed by atoms with E-state index >= 15 is 0 Å². The SMILES string of the molecule is CS(=O)(=O)O[C@@H]1[C@@H](O)[C@H](CO)O[C@@H]1n1cnc2c(=S)nc(N)[nH]c21. The third-order valence-corrected chi connectivity index (χ3v) is 4.37. The number of nitrogen functional groups attached to an aromatic ring is 1. The van der Waals surface area contributed by atoms with E-state index in [4.69, 9.17) is 26.9 Å². The minimum Gasteiger partial charge on any atom is -0.394 e. The average molecular weight is 377 g/mol. The van der Waals surface area contributed by atoms with Crippen LogP contribution in [-0.2, 0) is 19.0 Å². The van der Waals surface area contributed by atoms with Gasteiger partial charge in [0.15, 0.2) is 22.9 Å². The molecule has 3 heterocycles. The summed E-state index contributed by atoms with van der Waals surface area (Å²) in [5, 5.41) is 19.5. The molecule has 1 fully saturated rings. The van der Waals surface area contributed by atoms with E-state index in [1.807, 2.05) is 0 Å². The standard InChI is InChI=1S/C11H15N5O6S2/c1-24(19,20)22-7-6(18)4(2-17)21-10(7)16-3-13-5-8(16)14-11(12)15-9(5)23/h3-4,6-7,10,17-18H,2H2,1H3,(H3,12,14,15,23)/t4-,6-,7+,10-/m0/s1. The minimum atomic E-state index is -3.89. The summed E-state index contributed by atoms with van der Waals surface area (Å²) in [5.74, 6) is 0.0343. The molecule has 13 heteroatoms. The van der Waals surface area contributed by atoms with Crippen LogP contribution in [0.5, 0.6) is 0 Å². The summed E-state index contributed by atoms with van der Waals surface area (Å²) in [5.41, 5.74) is 6.28. The van der Waals surface area contributed by atoms with Crippen LogP contribution in [0.3, 0.4) is 0 Å². The lowest BCUT2D eigenvalue weighted by Gasteiger charge is -2.20. The molecule has 0 amide bonds. The Morgan fingerprint density at radius 2 is 2.29 bits per heavy atom. The minimum absolute atomic E-state index is 0.0343. The van der Waals surface area contributed by atoms with Gasteiger partial charge in [-0.3, -0.25) is 8.75 Å². The van der Waals surface area contributed by atoms with Crippen LogP contribution in [0.2, 0.25) is 0 Å². The smallest absolute Gasteiger partial charge is 0.264 e. The highest BCUT2D eigenvalue weighted by atomic mass is 32.2. The normalized spacial score (nSPS) is 27.8. The zero-order valence-electron chi connectivity index (χ0n) is 12.4. The lowest BCUT2D eigenvalue weighted by Crippen LogP contribution is -2.36. The molecule has 132 valence electrons. The molecule has 0 aromatic carbocycles. The molecule has 11 nitrogen and oxygen atoms in total. The molecular formula is C11H15N5O6S2. The maximum Gasteiger partial charge on any atom is 0.264 e. The van der Waals surface area contributed by atoms with Crippen molar-refractivity contribution < 1.29 is 27.6 Å². The predicted octanol–water partition coefficient (Wildman–Crippen LogP) is -1.33. The number of aromatic nitrogens is 4. The molecule has 0 aliphatic carbocycles. The third-order valence-electron chi connectivity index (χ3n) is 3.52. The Kier molecular flexibility index (Phi) is 4.31. The van der Waals surface area contributed by atoms with Crippen molar-refractivity contribution in [3.8, 4) is 0 Å². The van der Waals surface area contributed by atoms with Crippen LogP contribution in [-0.4, -0.2) is 69.3 Å². The van der Waals surface area contributed by atoms with Crippen molar-refractivity contribution in [3.05, 3.63) is 11.0 Å². The summed E-state index contributed by atoms with van der Waals surface area (Å²) in [6, 6.07) is 0. The van der Waals surface area contributed by atoms with Crippen molar-refractivity contribution in [2.24, 2.45) is 0 Å². The second-order valence-electron chi connectivity index (χ2n) is 5.28. The lowest BCUT2D eigenvalue weighted by molar-refractivity contribution is -0.0483. The van der Waals surface area contributed by atoms with Gasteiger partial charge >= 0.3 is 0 Å². The largest absolute Gasteiger partial charge is 0.394 e. The first-order chi connectivity index (χ1) is 11.2. The maximum absolute atomic E-state index is 11.5. The van der Waals surface area contributed by atoms with E-state index in [0.29, 0.717) is 11.2 Å². The van der Waals surface area contributed by atoms with Gasteiger partial charge in [0.1, 0.15) is 23.4 Å². The molecular weight excluding hydrogens is 362 g/mol. The monoisotopic (exact) mass is 377 g/mol. The number of fused-ring (bicyclic) bond motifs is 1. The van der Waals surface area contributed by atoms with Crippen LogP contribution in [0.15, 0.2) is 6.33 Å². The number of rotatable bonds is 4. The number of hydrogen-bond donors (Lipinski definition) is 4. The van der Waals surface area contributed by atoms with Gasteiger partial charge in [0.05, 0.1) is 19.2 Å². The van der Waals surface area contributed by atoms with Crippen molar-refractivity contribution in [1.29, 1.82) is 0 Å². The highest BCUT2D eigenvalue weighted by Crippen LogP contribution is 2.34. The van der Waals surface area contributed by atoms with Gasteiger partial charge in [-0.2, -0.15) is 8.42 Å². The highest BCUT2D eigenvalue weighted by molar-refractivity contribution is 7.86. The Hall–Kier alpha value is -1.64.